The largest absolute Gasteiger partial charge is 0.491 e. The number of rotatable bonds is 6. The molecule has 0 N–H and O–H groups in total. The monoisotopic (exact) mass is 397 g/mol. The molecular formula is C19H25ClFN3O3. The number of hydrogen-bond acceptors (Lipinski definition) is 4. The van der Waals surface area contributed by atoms with Crippen molar-refractivity contribution in [3.05, 3.63) is 29.0 Å². The topological polar surface area (TPSA) is 53.1 Å². The average molecular weight is 398 g/mol. The van der Waals surface area contributed by atoms with Crippen molar-refractivity contribution in [3.8, 4) is 5.75 Å². The Balaban J connectivity index is 1.36. The summed E-state index contributed by atoms with van der Waals surface area (Å²) in [6.07, 6.45) is 2.43. The summed E-state index contributed by atoms with van der Waals surface area (Å²) in [6.45, 7) is 5.01. The first-order chi connectivity index (χ1) is 13.0. The number of likely N-dealkylation sites (tertiary alicyclic amines) is 1. The van der Waals surface area contributed by atoms with Crippen LogP contribution in [0.1, 0.15) is 19.3 Å². The van der Waals surface area contributed by atoms with Gasteiger partial charge in [0.2, 0.25) is 11.8 Å². The van der Waals surface area contributed by atoms with Crippen LogP contribution in [0.2, 0.25) is 5.02 Å². The summed E-state index contributed by atoms with van der Waals surface area (Å²) in [5, 5.41) is 0.193. The lowest BCUT2D eigenvalue weighted by atomic mass is 10.2. The van der Waals surface area contributed by atoms with Crippen LogP contribution < -0.4 is 4.74 Å². The van der Waals surface area contributed by atoms with Gasteiger partial charge in [-0.2, -0.15) is 0 Å². The van der Waals surface area contributed by atoms with Crippen molar-refractivity contribution in [2.75, 3.05) is 52.4 Å². The minimum absolute atomic E-state index is 0.0127. The first kappa shape index (κ1) is 19.9. The van der Waals surface area contributed by atoms with E-state index in [2.05, 4.69) is 4.90 Å². The number of piperazine rings is 1. The lowest BCUT2D eigenvalue weighted by Gasteiger charge is -2.35. The zero-order chi connectivity index (χ0) is 19.2. The third-order valence-corrected chi connectivity index (χ3v) is 5.31. The Morgan fingerprint density at radius 1 is 1.00 bits per heavy atom. The second-order valence-corrected chi connectivity index (χ2v) is 7.33. The van der Waals surface area contributed by atoms with Crippen molar-refractivity contribution in [2.24, 2.45) is 0 Å². The molecule has 6 nitrogen and oxygen atoms in total. The number of carbonyl (C=O) groups is 2. The van der Waals surface area contributed by atoms with Crippen LogP contribution in [0.3, 0.4) is 0 Å². The Hall–Kier alpha value is -1.86. The first-order valence-electron chi connectivity index (χ1n) is 9.38. The third-order valence-electron chi connectivity index (χ3n) is 5.01. The molecule has 1 aromatic carbocycles. The highest BCUT2D eigenvalue weighted by atomic mass is 35.5. The second kappa shape index (κ2) is 9.37. The van der Waals surface area contributed by atoms with E-state index in [0.717, 1.165) is 25.9 Å². The van der Waals surface area contributed by atoms with E-state index < -0.39 is 5.82 Å². The zero-order valence-electron chi connectivity index (χ0n) is 15.3. The van der Waals surface area contributed by atoms with Gasteiger partial charge in [-0.3, -0.25) is 14.5 Å². The summed E-state index contributed by atoms with van der Waals surface area (Å²) in [4.78, 5) is 30.4. The summed E-state index contributed by atoms with van der Waals surface area (Å²) in [5.41, 5.74) is 0. The van der Waals surface area contributed by atoms with Gasteiger partial charge in [0.25, 0.3) is 0 Å². The molecular weight excluding hydrogens is 373 g/mol. The Morgan fingerprint density at radius 2 is 1.67 bits per heavy atom. The van der Waals surface area contributed by atoms with E-state index in [9.17, 15) is 14.0 Å². The molecule has 0 atom stereocenters. The third kappa shape index (κ3) is 5.56. The van der Waals surface area contributed by atoms with Crippen molar-refractivity contribution in [1.29, 1.82) is 0 Å². The Kier molecular flexibility index (Phi) is 6.90. The molecule has 3 rings (SSSR count). The summed E-state index contributed by atoms with van der Waals surface area (Å²) >= 11 is 5.90. The van der Waals surface area contributed by atoms with Crippen LogP contribution in [-0.4, -0.2) is 78.9 Å². The minimum atomic E-state index is -0.426. The van der Waals surface area contributed by atoms with Gasteiger partial charge >= 0.3 is 0 Å². The number of benzene rings is 1. The molecule has 0 aromatic heterocycles. The number of hydrogen-bond donors (Lipinski definition) is 0. The van der Waals surface area contributed by atoms with Gasteiger partial charge in [-0.15, -0.1) is 0 Å². The van der Waals surface area contributed by atoms with E-state index in [1.165, 1.54) is 18.2 Å². The summed E-state index contributed by atoms with van der Waals surface area (Å²) in [5.74, 6) is 0.149. The van der Waals surface area contributed by atoms with E-state index >= 15 is 0 Å². The second-order valence-electron chi connectivity index (χ2n) is 6.92. The van der Waals surface area contributed by atoms with Gasteiger partial charge in [-0.05, 0) is 31.0 Å². The van der Waals surface area contributed by atoms with Crippen molar-refractivity contribution in [2.45, 2.75) is 19.3 Å². The van der Waals surface area contributed by atoms with E-state index in [-0.39, 0.29) is 29.9 Å². The van der Waals surface area contributed by atoms with E-state index in [0.29, 0.717) is 38.5 Å². The van der Waals surface area contributed by atoms with Gasteiger partial charge in [0.1, 0.15) is 11.6 Å². The average Bonchev–Trinajstić information content (AvgIpc) is 3.19. The van der Waals surface area contributed by atoms with Crippen LogP contribution in [0, 0.1) is 5.82 Å². The molecule has 0 saturated carbocycles. The van der Waals surface area contributed by atoms with Gasteiger partial charge in [0, 0.05) is 39.3 Å². The lowest BCUT2D eigenvalue weighted by Crippen LogP contribution is -2.51. The molecule has 0 radical (unpaired) electrons. The lowest BCUT2D eigenvalue weighted by molar-refractivity contribution is -0.135. The van der Waals surface area contributed by atoms with Crippen LogP contribution in [0.5, 0.6) is 5.75 Å². The standard InChI is InChI=1S/C19H25ClFN3O3/c20-16-13-15(21)3-4-17(16)27-12-5-18(25)24-10-8-22(9-11-24)14-19(26)23-6-1-2-7-23/h3-4,13H,1-2,5-12,14H2. The van der Waals surface area contributed by atoms with Crippen LogP contribution >= 0.6 is 11.6 Å². The molecule has 2 heterocycles. The molecule has 2 saturated heterocycles. The molecule has 27 heavy (non-hydrogen) atoms. The highest BCUT2D eigenvalue weighted by molar-refractivity contribution is 6.32. The number of ether oxygens (including phenoxy) is 1. The van der Waals surface area contributed by atoms with Crippen molar-refractivity contribution in [1.82, 2.24) is 14.7 Å². The van der Waals surface area contributed by atoms with E-state index in [1.54, 1.807) is 4.90 Å². The SMILES string of the molecule is O=C(CCOc1ccc(F)cc1Cl)N1CCN(CC(=O)N2CCCC2)CC1. The maximum Gasteiger partial charge on any atom is 0.236 e. The molecule has 2 aliphatic heterocycles. The number of nitrogens with zero attached hydrogens (tertiary/aromatic N) is 3. The first-order valence-corrected chi connectivity index (χ1v) is 9.76. The fraction of sp³-hybridized carbons (Fsp3) is 0.579. The van der Waals surface area contributed by atoms with Gasteiger partial charge in [-0.1, -0.05) is 11.6 Å². The molecule has 0 unspecified atom stereocenters. The molecule has 0 spiro atoms. The van der Waals surface area contributed by atoms with Gasteiger partial charge < -0.3 is 14.5 Å². The fourth-order valence-corrected chi connectivity index (χ4v) is 3.63. The van der Waals surface area contributed by atoms with Gasteiger partial charge in [-0.25, -0.2) is 4.39 Å². The van der Waals surface area contributed by atoms with Crippen LogP contribution in [0.15, 0.2) is 18.2 Å². The van der Waals surface area contributed by atoms with Crippen molar-refractivity contribution in [3.63, 3.8) is 0 Å². The molecule has 0 aliphatic carbocycles. The number of halogens is 2. The number of carbonyl (C=O) groups excluding carboxylic acids is 2. The van der Waals surface area contributed by atoms with E-state index in [1.807, 2.05) is 4.90 Å². The molecule has 2 fully saturated rings. The van der Waals surface area contributed by atoms with Gasteiger partial charge in [0.15, 0.2) is 0 Å². The van der Waals surface area contributed by atoms with Crippen molar-refractivity contribution < 1.29 is 18.7 Å². The smallest absolute Gasteiger partial charge is 0.236 e. The van der Waals surface area contributed by atoms with Crippen LogP contribution in [0.25, 0.3) is 0 Å². The predicted molar refractivity (Wildman–Crippen MR) is 100 cm³/mol. The summed E-state index contributed by atoms with van der Waals surface area (Å²) in [6, 6.07) is 3.91. The van der Waals surface area contributed by atoms with Crippen molar-refractivity contribution >= 4 is 23.4 Å². The molecule has 1 aromatic rings. The minimum Gasteiger partial charge on any atom is -0.491 e. The molecule has 148 valence electrons. The normalized spacial score (nSPS) is 18.0. The number of amides is 2. The molecule has 8 heteroatoms. The molecule has 0 bridgehead atoms. The highest BCUT2D eigenvalue weighted by Crippen LogP contribution is 2.25. The Bertz CT molecular complexity index is 674. The maximum absolute atomic E-state index is 13.0. The predicted octanol–water partition coefficient (Wildman–Crippen LogP) is 2.01. The van der Waals surface area contributed by atoms with Crippen LogP contribution in [-0.2, 0) is 9.59 Å². The van der Waals surface area contributed by atoms with E-state index in [4.69, 9.17) is 16.3 Å². The Morgan fingerprint density at radius 3 is 2.33 bits per heavy atom. The zero-order valence-corrected chi connectivity index (χ0v) is 16.1. The summed E-state index contributed by atoms with van der Waals surface area (Å²) < 4.78 is 18.5. The summed E-state index contributed by atoms with van der Waals surface area (Å²) in [7, 11) is 0. The van der Waals surface area contributed by atoms with Gasteiger partial charge in [0.05, 0.1) is 24.6 Å². The quantitative estimate of drug-likeness (QED) is 0.737. The maximum atomic E-state index is 13.0. The fourth-order valence-electron chi connectivity index (χ4n) is 3.41. The van der Waals surface area contributed by atoms with Crippen LogP contribution in [0.4, 0.5) is 4.39 Å². The Labute approximate surface area is 163 Å². The molecule has 2 aliphatic rings. The molecule has 2 amide bonds. The highest BCUT2D eigenvalue weighted by Gasteiger charge is 2.25.